The smallest absolute Gasteiger partial charge is 0.165 e. The number of hydrogen-bond acceptors (Lipinski definition) is 5. The van der Waals surface area contributed by atoms with Crippen molar-refractivity contribution in [2.24, 2.45) is 5.92 Å². The Labute approximate surface area is 157 Å². The molecule has 140 valence electrons. The number of likely N-dealkylation sites (tertiary alicyclic amines) is 1. The van der Waals surface area contributed by atoms with Crippen molar-refractivity contribution in [1.82, 2.24) is 15.0 Å². The van der Waals surface area contributed by atoms with E-state index >= 15 is 0 Å². The molecule has 1 saturated heterocycles. The molecule has 27 heavy (non-hydrogen) atoms. The maximum absolute atomic E-state index is 13.7. The Kier molecular flexibility index (Phi) is 5.44. The van der Waals surface area contributed by atoms with Gasteiger partial charge in [-0.15, -0.1) is 0 Å². The van der Waals surface area contributed by atoms with Crippen LogP contribution in [-0.4, -0.2) is 34.7 Å². The normalized spacial score (nSPS) is 17.7. The van der Waals surface area contributed by atoms with Gasteiger partial charge in [0.15, 0.2) is 17.3 Å². The fourth-order valence-electron chi connectivity index (χ4n) is 3.46. The monoisotopic (exact) mass is 367 g/mol. The van der Waals surface area contributed by atoms with Gasteiger partial charge in [-0.3, -0.25) is 9.88 Å². The molecule has 1 fully saturated rings. The first-order chi connectivity index (χ1) is 13.3. The van der Waals surface area contributed by atoms with Gasteiger partial charge >= 0.3 is 0 Å². The summed E-state index contributed by atoms with van der Waals surface area (Å²) in [6.07, 6.45) is 5.69. The molecule has 0 N–H and O–H groups in total. The highest BCUT2D eigenvalue weighted by atomic mass is 19.1. The van der Waals surface area contributed by atoms with Crippen molar-refractivity contribution in [2.75, 3.05) is 19.7 Å². The van der Waals surface area contributed by atoms with Crippen molar-refractivity contribution >= 4 is 0 Å². The number of benzene rings is 1. The first kappa shape index (κ1) is 17.7. The van der Waals surface area contributed by atoms with Gasteiger partial charge in [-0.05, 0) is 43.7 Å². The van der Waals surface area contributed by atoms with Gasteiger partial charge in [0, 0.05) is 36.5 Å². The van der Waals surface area contributed by atoms with Crippen LogP contribution in [0.25, 0.3) is 11.3 Å². The van der Waals surface area contributed by atoms with Crippen LogP contribution in [0.5, 0.6) is 5.75 Å². The van der Waals surface area contributed by atoms with Crippen LogP contribution in [0.3, 0.4) is 0 Å². The van der Waals surface area contributed by atoms with Crippen molar-refractivity contribution in [1.29, 1.82) is 0 Å². The van der Waals surface area contributed by atoms with E-state index in [4.69, 9.17) is 9.26 Å². The van der Waals surface area contributed by atoms with E-state index in [9.17, 15) is 4.39 Å². The van der Waals surface area contributed by atoms with E-state index < -0.39 is 0 Å². The first-order valence-electron chi connectivity index (χ1n) is 9.23. The molecule has 1 aliphatic rings. The van der Waals surface area contributed by atoms with Crippen LogP contribution in [0.1, 0.15) is 18.6 Å². The number of aromatic nitrogens is 2. The maximum Gasteiger partial charge on any atom is 0.165 e. The molecule has 0 radical (unpaired) electrons. The van der Waals surface area contributed by atoms with Crippen LogP contribution in [-0.2, 0) is 6.54 Å². The van der Waals surface area contributed by atoms with Crippen LogP contribution < -0.4 is 4.74 Å². The molecule has 3 heterocycles. The summed E-state index contributed by atoms with van der Waals surface area (Å²) in [5.41, 5.74) is 1.75. The molecule has 1 aromatic carbocycles. The summed E-state index contributed by atoms with van der Waals surface area (Å²) in [4.78, 5) is 6.45. The average molecular weight is 367 g/mol. The minimum absolute atomic E-state index is 0.310. The lowest BCUT2D eigenvalue weighted by molar-refractivity contribution is 0.115. The summed E-state index contributed by atoms with van der Waals surface area (Å²) >= 11 is 0. The molecule has 0 bridgehead atoms. The molecule has 1 aliphatic heterocycles. The number of ether oxygens (including phenoxy) is 1. The lowest BCUT2D eigenvalue weighted by atomic mass is 9.99. The fourth-order valence-corrected chi connectivity index (χ4v) is 3.46. The third-order valence-electron chi connectivity index (χ3n) is 4.81. The molecule has 4 rings (SSSR count). The molecule has 0 spiro atoms. The van der Waals surface area contributed by atoms with E-state index in [0.29, 0.717) is 24.8 Å². The fraction of sp³-hybridized carbons (Fsp3) is 0.333. The average Bonchev–Trinajstić information content (AvgIpc) is 3.17. The Morgan fingerprint density at radius 2 is 2.15 bits per heavy atom. The quantitative estimate of drug-likeness (QED) is 0.655. The molecule has 6 heteroatoms. The van der Waals surface area contributed by atoms with Crippen LogP contribution >= 0.6 is 0 Å². The largest absolute Gasteiger partial charge is 0.490 e. The summed E-state index contributed by atoms with van der Waals surface area (Å²) in [6.45, 7) is 3.15. The van der Waals surface area contributed by atoms with Crippen molar-refractivity contribution in [2.45, 2.75) is 19.4 Å². The van der Waals surface area contributed by atoms with E-state index in [-0.39, 0.29) is 5.82 Å². The van der Waals surface area contributed by atoms with Gasteiger partial charge in [-0.25, -0.2) is 4.39 Å². The summed E-state index contributed by atoms with van der Waals surface area (Å²) in [5, 5.41) is 4.15. The highest BCUT2D eigenvalue weighted by Crippen LogP contribution is 2.23. The molecule has 1 unspecified atom stereocenters. The van der Waals surface area contributed by atoms with Gasteiger partial charge in [-0.2, -0.15) is 0 Å². The molecule has 0 saturated carbocycles. The highest BCUT2D eigenvalue weighted by molar-refractivity contribution is 5.57. The zero-order valence-electron chi connectivity index (χ0n) is 15.1. The van der Waals surface area contributed by atoms with E-state index in [1.54, 1.807) is 30.6 Å². The third kappa shape index (κ3) is 4.52. The highest BCUT2D eigenvalue weighted by Gasteiger charge is 2.22. The molecule has 5 nitrogen and oxygen atoms in total. The van der Waals surface area contributed by atoms with E-state index in [1.807, 2.05) is 18.2 Å². The van der Waals surface area contributed by atoms with Gasteiger partial charge in [0.1, 0.15) is 5.69 Å². The number of piperidine rings is 1. The Bertz CT molecular complexity index is 869. The SMILES string of the molecule is Fc1ccccc1OCC1CCCN(Cc2cc(-c3cccnc3)no2)C1. The molecular formula is C21H22FN3O2. The number of rotatable bonds is 6. The van der Waals surface area contributed by atoms with Crippen molar-refractivity contribution in [3.05, 3.63) is 66.4 Å². The molecular weight excluding hydrogens is 345 g/mol. The standard InChI is InChI=1S/C21H22FN3O2/c22-19-7-1-2-8-21(19)26-15-16-5-4-10-25(13-16)14-18-11-20(24-27-18)17-6-3-9-23-12-17/h1-3,6-9,11-12,16H,4-5,10,13-15H2. The first-order valence-corrected chi connectivity index (χ1v) is 9.23. The van der Waals surface area contributed by atoms with Crippen LogP contribution in [0.15, 0.2) is 59.4 Å². The number of hydrogen-bond donors (Lipinski definition) is 0. The maximum atomic E-state index is 13.7. The number of pyridine rings is 1. The zero-order chi connectivity index (χ0) is 18.5. The lowest BCUT2D eigenvalue weighted by Gasteiger charge is -2.31. The van der Waals surface area contributed by atoms with Crippen molar-refractivity contribution in [3.63, 3.8) is 0 Å². The molecule has 3 aromatic rings. The Morgan fingerprint density at radius 1 is 1.22 bits per heavy atom. The van der Waals surface area contributed by atoms with Crippen LogP contribution in [0, 0.1) is 11.7 Å². The molecule has 0 amide bonds. The Balaban J connectivity index is 1.32. The summed E-state index contributed by atoms with van der Waals surface area (Å²) in [5.74, 6) is 1.23. The zero-order valence-corrected chi connectivity index (χ0v) is 15.1. The van der Waals surface area contributed by atoms with Crippen molar-refractivity contribution < 1.29 is 13.7 Å². The second kappa shape index (κ2) is 8.31. The minimum atomic E-state index is -0.310. The van der Waals surface area contributed by atoms with Gasteiger partial charge in [0.25, 0.3) is 0 Å². The molecule has 2 aromatic heterocycles. The van der Waals surface area contributed by atoms with Gasteiger partial charge < -0.3 is 9.26 Å². The van der Waals surface area contributed by atoms with Crippen molar-refractivity contribution in [3.8, 4) is 17.0 Å². The lowest BCUT2D eigenvalue weighted by Crippen LogP contribution is -2.37. The Hall–Kier alpha value is -2.73. The summed E-state index contributed by atoms with van der Waals surface area (Å²) in [7, 11) is 0. The number of halogens is 1. The predicted octanol–water partition coefficient (Wildman–Crippen LogP) is 4.17. The number of nitrogens with zero attached hydrogens (tertiary/aromatic N) is 3. The number of para-hydroxylation sites is 1. The summed E-state index contributed by atoms with van der Waals surface area (Å²) in [6, 6.07) is 12.4. The summed E-state index contributed by atoms with van der Waals surface area (Å²) < 4.78 is 24.9. The minimum Gasteiger partial charge on any atom is -0.490 e. The molecule has 0 aliphatic carbocycles. The van der Waals surface area contributed by atoms with Gasteiger partial charge in [-0.1, -0.05) is 17.3 Å². The van der Waals surface area contributed by atoms with Gasteiger partial charge in [0.05, 0.1) is 13.2 Å². The van der Waals surface area contributed by atoms with E-state index in [2.05, 4.69) is 15.0 Å². The molecule has 1 atom stereocenters. The second-order valence-corrected chi connectivity index (χ2v) is 6.90. The predicted molar refractivity (Wildman–Crippen MR) is 99.6 cm³/mol. The van der Waals surface area contributed by atoms with Crippen LogP contribution in [0.2, 0.25) is 0 Å². The van der Waals surface area contributed by atoms with E-state index in [1.165, 1.54) is 6.07 Å². The van der Waals surface area contributed by atoms with Crippen LogP contribution in [0.4, 0.5) is 4.39 Å². The van der Waals surface area contributed by atoms with E-state index in [0.717, 1.165) is 42.9 Å². The Morgan fingerprint density at radius 3 is 3.00 bits per heavy atom. The van der Waals surface area contributed by atoms with Gasteiger partial charge in [0.2, 0.25) is 0 Å². The third-order valence-corrected chi connectivity index (χ3v) is 4.81. The topological polar surface area (TPSA) is 51.4 Å². The second-order valence-electron chi connectivity index (χ2n) is 6.90.